The van der Waals surface area contributed by atoms with Crippen molar-refractivity contribution in [3.63, 3.8) is 0 Å². The zero-order valence-corrected chi connectivity index (χ0v) is 18.3. The summed E-state index contributed by atoms with van der Waals surface area (Å²) in [5.41, 5.74) is -0.0145. The number of carbonyl (C=O) groups is 2. The summed E-state index contributed by atoms with van der Waals surface area (Å²) in [6, 6.07) is 19.5. The van der Waals surface area contributed by atoms with Crippen LogP contribution in [0.4, 0.5) is 5.69 Å². The number of Topliss-reactive ketones (excluding diaryl/α,β-unsaturated/α-hetero) is 1. The van der Waals surface area contributed by atoms with Crippen molar-refractivity contribution in [3.05, 3.63) is 88.3 Å². The Kier molecular flexibility index (Phi) is 5.41. The van der Waals surface area contributed by atoms with E-state index in [2.05, 4.69) is 0 Å². The van der Waals surface area contributed by atoms with Gasteiger partial charge in [0.15, 0.2) is 11.5 Å². The number of carbonyl (C=O) groups excluding carboxylic acids is 2. The topological polar surface area (TPSA) is 66.8 Å². The summed E-state index contributed by atoms with van der Waals surface area (Å²) in [6.45, 7) is 5.35. The molecule has 0 spiro atoms. The summed E-state index contributed by atoms with van der Waals surface area (Å²) < 4.78 is 5.83. The number of ether oxygens (including phenoxy) is 1. The first-order valence-corrected chi connectivity index (χ1v) is 10.8. The molecule has 2 heterocycles. The third-order valence-corrected chi connectivity index (χ3v) is 5.97. The van der Waals surface area contributed by atoms with Crippen molar-refractivity contribution >= 4 is 28.7 Å². The van der Waals surface area contributed by atoms with E-state index in [1.54, 1.807) is 45.0 Å². The van der Waals surface area contributed by atoms with E-state index >= 15 is 0 Å². The van der Waals surface area contributed by atoms with E-state index in [-0.39, 0.29) is 11.4 Å². The molecule has 1 N–H and O–H groups in total. The van der Waals surface area contributed by atoms with Gasteiger partial charge in [0, 0.05) is 16.0 Å². The predicted octanol–water partition coefficient (Wildman–Crippen LogP) is 6.06. The normalized spacial score (nSPS) is 16.7. The zero-order valence-electron chi connectivity index (χ0n) is 17.5. The molecule has 0 radical (unpaired) electrons. The predicted molar refractivity (Wildman–Crippen MR) is 122 cm³/mol. The largest absolute Gasteiger partial charge is 0.503 e. The monoisotopic (exact) mass is 433 g/mol. The molecule has 6 heteroatoms. The Labute approximate surface area is 185 Å². The third kappa shape index (κ3) is 3.99. The van der Waals surface area contributed by atoms with Gasteiger partial charge in [0.05, 0.1) is 5.57 Å². The number of aliphatic hydroxyl groups is 1. The maximum Gasteiger partial charge on any atom is 0.294 e. The molecule has 1 unspecified atom stereocenters. The number of benzene rings is 2. The van der Waals surface area contributed by atoms with Gasteiger partial charge in [0.25, 0.3) is 5.91 Å². The van der Waals surface area contributed by atoms with Crippen LogP contribution in [0.5, 0.6) is 11.5 Å². The highest BCUT2D eigenvalue weighted by Gasteiger charge is 2.47. The number of aliphatic hydroxyl groups excluding tert-OH is 1. The molecule has 0 fully saturated rings. The molecule has 0 aliphatic carbocycles. The van der Waals surface area contributed by atoms with Gasteiger partial charge >= 0.3 is 0 Å². The fourth-order valence-corrected chi connectivity index (χ4v) is 4.35. The van der Waals surface area contributed by atoms with E-state index in [0.29, 0.717) is 17.2 Å². The second kappa shape index (κ2) is 8.04. The summed E-state index contributed by atoms with van der Waals surface area (Å²) in [4.78, 5) is 28.5. The minimum atomic E-state index is -0.734. The smallest absolute Gasteiger partial charge is 0.294 e. The highest BCUT2D eigenvalue weighted by atomic mass is 32.1. The van der Waals surface area contributed by atoms with Crippen molar-refractivity contribution in [3.8, 4) is 11.5 Å². The van der Waals surface area contributed by atoms with Crippen molar-refractivity contribution < 1.29 is 19.4 Å². The number of amides is 1. The maximum atomic E-state index is 13.2. The van der Waals surface area contributed by atoms with Crippen LogP contribution in [-0.4, -0.2) is 16.8 Å². The first-order valence-electron chi connectivity index (χ1n) is 9.95. The summed E-state index contributed by atoms with van der Waals surface area (Å²) in [7, 11) is 0. The van der Waals surface area contributed by atoms with Gasteiger partial charge in [-0.05, 0) is 47.8 Å². The first kappa shape index (κ1) is 20.9. The molecule has 158 valence electrons. The molecule has 0 saturated heterocycles. The molecule has 1 aromatic heterocycles. The highest BCUT2D eigenvalue weighted by Crippen LogP contribution is 2.44. The standard InChI is InChI=1S/C25H23NO4S/c1-25(2,3)23(28)20-21(19-10-7-15-31-19)26(24(29)22(20)27)16-11-13-18(14-12-16)30-17-8-5-4-6-9-17/h4-15,21,27H,1-3H3. The molecule has 1 amide bonds. The zero-order chi connectivity index (χ0) is 22.2. The Bertz CT molecular complexity index is 1130. The van der Waals surface area contributed by atoms with Crippen molar-refractivity contribution in [1.29, 1.82) is 0 Å². The summed E-state index contributed by atoms with van der Waals surface area (Å²) in [5, 5.41) is 12.6. The van der Waals surface area contributed by atoms with Gasteiger partial charge in [-0.15, -0.1) is 11.3 Å². The van der Waals surface area contributed by atoms with Crippen molar-refractivity contribution in [2.24, 2.45) is 5.41 Å². The molecule has 2 aromatic carbocycles. The van der Waals surface area contributed by atoms with Crippen LogP contribution in [-0.2, 0) is 9.59 Å². The van der Waals surface area contributed by atoms with E-state index in [1.807, 2.05) is 47.8 Å². The number of hydrogen-bond acceptors (Lipinski definition) is 5. The molecular formula is C25H23NO4S. The molecule has 0 saturated carbocycles. The average Bonchev–Trinajstić information content (AvgIpc) is 3.36. The van der Waals surface area contributed by atoms with Gasteiger partial charge in [-0.2, -0.15) is 0 Å². The maximum absolute atomic E-state index is 13.2. The second-order valence-electron chi connectivity index (χ2n) is 8.34. The quantitative estimate of drug-likeness (QED) is 0.531. The van der Waals surface area contributed by atoms with Crippen molar-refractivity contribution in [2.75, 3.05) is 4.90 Å². The Morgan fingerprint density at radius 3 is 2.19 bits per heavy atom. The third-order valence-electron chi connectivity index (χ3n) is 5.04. The van der Waals surface area contributed by atoms with E-state index < -0.39 is 23.1 Å². The summed E-state index contributed by atoms with van der Waals surface area (Å²) >= 11 is 1.44. The second-order valence-corrected chi connectivity index (χ2v) is 9.32. The van der Waals surface area contributed by atoms with E-state index in [0.717, 1.165) is 4.88 Å². The van der Waals surface area contributed by atoms with Gasteiger partial charge in [-0.25, -0.2) is 0 Å². The average molecular weight is 434 g/mol. The number of para-hydroxylation sites is 1. The van der Waals surface area contributed by atoms with E-state index in [9.17, 15) is 14.7 Å². The molecule has 31 heavy (non-hydrogen) atoms. The number of ketones is 1. The summed E-state index contributed by atoms with van der Waals surface area (Å²) in [5.74, 6) is 0.0210. The number of hydrogen-bond donors (Lipinski definition) is 1. The van der Waals surface area contributed by atoms with Crippen LogP contribution in [0, 0.1) is 5.41 Å². The number of thiophene rings is 1. The van der Waals surface area contributed by atoms with E-state index in [1.165, 1.54) is 16.2 Å². The molecule has 1 atom stereocenters. The lowest BCUT2D eigenvalue weighted by atomic mass is 9.83. The summed E-state index contributed by atoms with van der Waals surface area (Å²) in [6.07, 6.45) is 0. The van der Waals surface area contributed by atoms with E-state index in [4.69, 9.17) is 4.74 Å². The molecular weight excluding hydrogens is 410 g/mol. The Hall–Kier alpha value is -3.38. The fraction of sp³-hybridized carbons (Fsp3) is 0.200. The fourth-order valence-electron chi connectivity index (χ4n) is 3.52. The minimum absolute atomic E-state index is 0.143. The SMILES string of the molecule is CC(C)(C)C(=O)C1=C(O)C(=O)N(c2ccc(Oc3ccccc3)cc2)C1c1cccs1. The molecule has 5 nitrogen and oxygen atoms in total. The van der Waals surface area contributed by atoms with Crippen LogP contribution in [0.15, 0.2) is 83.4 Å². The van der Waals surface area contributed by atoms with Gasteiger partial charge in [0.2, 0.25) is 0 Å². The van der Waals surface area contributed by atoms with Gasteiger partial charge < -0.3 is 9.84 Å². The minimum Gasteiger partial charge on any atom is -0.503 e. The van der Waals surface area contributed by atoms with Crippen LogP contribution < -0.4 is 9.64 Å². The van der Waals surface area contributed by atoms with Gasteiger partial charge in [-0.1, -0.05) is 45.0 Å². The van der Waals surface area contributed by atoms with Crippen LogP contribution in [0.2, 0.25) is 0 Å². The molecule has 1 aliphatic heterocycles. The van der Waals surface area contributed by atoms with Crippen LogP contribution in [0.1, 0.15) is 31.7 Å². The lowest BCUT2D eigenvalue weighted by molar-refractivity contribution is -0.123. The Morgan fingerprint density at radius 1 is 0.968 bits per heavy atom. The Morgan fingerprint density at radius 2 is 1.61 bits per heavy atom. The number of anilines is 1. The van der Waals surface area contributed by atoms with Crippen molar-refractivity contribution in [1.82, 2.24) is 0 Å². The molecule has 4 rings (SSSR count). The lowest BCUT2D eigenvalue weighted by Gasteiger charge is -2.28. The molecule has 3 aromatic rings. The van der Waals surface area contributed by atoms with Gasteiger partial charge in [0.1, 0.15) is 17.5 Å². The number of nitrogens with zero attached hydrogens (tertiary/aromatic N) is 1. The highest BCUT2D eigenvalue weighted by molar-refractivity contribution is 7.10. The molecule has 1 aliphatic rings. The van der Waals surface area contributed by atoms with Gasteiger partial charge in [-0.3, -0.25) is 14.5 Å². The van der Waals surface area contributed by atoms with Crippen LogP contribution >= 0.6 is 11.3 Å². The molecule has 0 bridgehead atoms. The Balaban J connectivity index is 1.70. The van der Waals surface area contributed by atoms with Crippen LogP contribution in [0.25, 0.3) is 0 Å². The number of rotatable bonds is 5. The lowest BCUT2D eigenvalue weighted by Crippen LogP contribution is -2.32. The van der Waals surface area contributed by atoms with Crippen LogP contribution in [0.3, 0.4) is 0 Å². The first-order chi connectivity index (χ1) is 14.8. The van der Waals surface area contributed by atoms with Crippen molar-refractivity contribution in [2.45, 2.75) is 26.8 Å².